The minimum atomic E-state index is 0.270. The van der Waals surface area contributed by atoms with Crippen molar-refractivity contribution in [3.63, 3.8) is 0 Å². The zero-order chi connectivity index (χ0) is 21.4. The highest BCUT2D eigenvalue weighted by atomic mass is 16.5. The average Bonchev–Trinajstić information content (AvgIpc) is 3.32. The van der Waals surface area contributed by atoms with Gasteiger partial charge in [0.15, 0.2) is 5.65 Å². The number of oxazole rings is 1. The van der Waals surface area contributed by atoms with E-state index in [9.17, 15) is 0 Å². The maximum atomic E-state index is 6.08. The van der Waals surface area contributed by atoms with E-state index in [2.05, 4.69) is 22.2 Å². The molecule has 2 aromatic carbocycles. The molecule has 0 atom stereocenters. The van der Waals surface area contributed by atoms with Crippen LogP contribution in [0.15, 0.2) is 71.1 Å². The van der Waals surface area contributed by atoms with Crippen LogP contribution in [0.2, 0.25) is 0 Å². The second-order valence-corrected chi connectivity index (χ2v) is 7.46. The van der Waals surface area contributed by atoms with E-state index in [1.54, 1.807) is 4.68 Å². The molecule has 0 N–H and O–H groups in total. The summed E-state index contributed by atoms with van der Waals surface area (Å²) in [6.45, 7) is 4.17. The zero-order valence-electron chi connectivity index (χ0n) is 17.7. The van der Waals surface area contributed by atoms with Crippen LogP contribution in [0.4, 0.5) is 0 Å². The first-order valence-corrected chi connectivity index (χ1v) is 10.1. The number of pyridine rings is 1. The molecule has 0 aliphatic rings. The topological polar surface area (TPSA) is 66.0 Å². The summed E-state index contributed by atoms with van der Waals surface area (Å²) in [6, 6.07) is 22.0. The van der Waals surface area contributed by atoms with Crippen LogP contribution in [0, 0.1) is 13.8 Å². The molecule has 0 aliphatic heterocycles. The predicted molar refractivity (Wildman–Crippen MR) is 120 cm³/mol. The van der Waals surface area contributed by atoms with Gasteiger partial charge in [-0.05, 0) is 37.1 Å². The standard InChI is InChI=1S/C25H22N4O2/c1-16-23-20(18-10-6-4-7-11-18)14-22(27-24(23)29(3)28-16)30-15-21-17(2)31-25(26-21)19-12-8-5-9-13-19/h4-14H,15H2,1-3H3. The van der Waals surface area contributed by atoms with Crippen LogP contribution in [0.3, 0.4) is 0 Å². The van der Waals surface area contributed by atoms with Crippen LogP contribution in [-0.4, -0.2) is 19.7 Å². The van der Waals surface area contributed by atoms with Gasteiger partial charge < -0.3 is 9.15 Å². The molecule has 0 aliphatic carbocycles. The minimum absolute atomic E-state index is 0.270. The van der Waals surface area contributed by atoms with Gasteiger partial charge in [-0.15, -0.1) is 0 Å². The molecule has 3 heterocycles. The van der Waals surface area contributed by atoms with E-state index in [4.69, 9.17) is 14.1 Å². The lowest BCUT2D eigenvalue weighted by atomic mass is 10.0. The highest BCUT2D eigenvalue weighted by Crippen LogP contribution is 2.33. The Labute approximate surface area is 180 Å². The summed E-state index contributed by atoms with van der Waals surface area (Å²) in [6.07, 6.45) is 0. The number of benzene rings is 2. The third-order valence-electron chi connectivity index (χ3n) is 5.30. The quantitative estimate of drug-likeness (QED) is 0.383. The Morgan fingerprint density at radius 3 is 2.29 bits per heavy atom. The van der Waals surface area contributed by atoms with Gasteiger partial charge in [-0.1, -0.05) is 48.5 Å². The van der Waals surface area contributed by atoms with Gasteiger partial charge in [0, 0.05) is 18.7 Å². The minimum Gasteiger partial charge on any atom is -0.471 e. The van der Waals surface area contributed by atoms with Crippen LogP contribution < -0.4 is 4.74 Å². The largest absolute Gasteiger partial charge is 0.471 e. The molecule has 31 heavy (non-hydrogen) atoms. The second kappa shape index (κ2) is 7.72. The molecule has 154 valence electrons. The lowest BCUT2D eigenvalue weighted by molar-refractivity contribution is 0.288. The maximum Gasteiger partial charge on any atom is 0.226 e. The summed E-state index contributed by atoms with van der Waals surface area (Å²) >= 11 is 0. The molecule has 0 spiro atoms. The highest BCUT2D eigenvalue weighted by molar-refractivity contribution is 5.95. The van der Waals surface area contributed by atoms with Crippen molar-refractivity contribution in [2.75, 3.05) is 0 Å². The summed E-state index contributed by atoms with van der Waals surface area (Å²) < 4.78 is 13.7. The van der Waals surface area contributed by atoms with Gasteiger partial charge in [-0.25, -0.2) is 4.98 Å². The van der Waals surface area contributed by atoms with E-state index in [1.165, 1.54) is 0 Å². The maximum absolute atomic E-state index is 6.08. The number of hydrogen-bond acceptors (Lipinski definition) is 5. The molecule has 0 saturated heterocycles. The van der Waals surface area contributed by atoms with E-state index in [0.717, 1.165) is 44.9 Å². The fourth-order valence-corrected chi connectivity index (χ4v) is 3.75. The molecule has 0 fully saturated rings. The molecule has 5 rings (SSSR count). The molecule has 0 radical (unpaired) electrons. The van der Waals surface area contributed by atoms with Crippen molar-refractivity contribution in [3.8, 4) is 28.5 Å². The van der Waals surface area contributed by atoms with Gasteiger partial charge in [0.05, 0.1) is 11.1 Å². The predicted octanol–water partition coefficient (Wildman–Crippen LogP) is 5.49. The molecular formula is C25H22N4O2. The molecule has 0 unspecified atom stereocenters. The summed E-state index contributed by atoms with van der Waals surface area (Å²) in [5, 5.41) is 5.59. The Kier molecular flexibility index (Phi) is 4.75. The summed E-state index contributed by atoms with van der Waals surface area (Å²) in [4.78, 5) is 9.33. The van der Waals surface area contributed by atoms with Gasteiger partial charge >= 0.3 is 0 Å². The molecule has 0 amide bonds. The lowest BCUT2D eigenvalue weighted by Crippen LogP contribution is -2.01. The fraction of sp³-hybridized carbons (Fsp3) is 0.160. The number of rotatable bonds is 5. The van der Waals surface area contributed by atoms with Crippen LogP contribution >= 0.6 is 0 Å². The Hall–Kier alpha value is -3.93. The summed E-state index contributed by atoms with van der Waals surface area (Å²) in [5.74, 6) is 1.85. The molecule has 0 bridgehead atoms. The first-order valence-electron chi connectivity index (χ1n) is 10.1. The third-order valence-corrected chi connectivity index (χ3v) is 5.30. The Morgan fingerprint density at radius 2 is 1.58 bits per heavy atom. The number of aryl methyl sites for hydroxylation is 3. The molecular weight excluding hydrogens is 388 g/mol. The number of ether oxygens (including phenoxy) is 1. The summed E-state index contributed by atoms with van der Waals surface area (Å²) in [7, 11) is 1.90. The first-order chi connectivity index (χ1) is 15.1. The third kappa shape index (κ3) is 3.57. The molecule has 6 heteroatoms. The van der Waals surface area contributed by atoms with Crippen molar-refractivity contribution in [3.05, 3.63) is 83.9 Å². The Balaban J connectivity index is 1.49. The second-order valence-electron chi connectivity index (χ2n) is 7.46. The van der Waals surface area contributed by atoms with Gasteiger partial charge in [-0.2, -0.15) is 10.1 Å². The van der Waals surface area contributed by atoms with Crippen molar-refractivity contribution in [2.45, 2.75) is 20.5 Å². The highest BCUT2D eigenvalue weighted by Gasteiger charge is 2.17. The molecule has 5 aromatic rings. The van der Waals surface area contributed by atoms with E-state index >= 15 is 0 Å². The van der Waals surface area contributed by atoms with Crippen molar-refractivity contribution in [1.82, 2.24) is 19.7 Å². The monoisotopic (exact) mass is 410 g/mol. The zero-order valence-corrected chi connectivity index (χ0v) is 17.7. The van der Waals surface area contributed by atoms with Crippen molar-refractivity contribution < 1.29 is 9.15 Å². The molecule has 0 saturated carbocycles. The van der Waals surface area contributed by atoms with Gasteiger partial charge in [0.25, 0.3) is 0 Å². The van der Waals surface area contributed by atoms with Gasteiger partial charge in [0.1, 0.15) is 18.1 Å². The summed E-state index contributed by atoms with van der Waals surface area (Å²) in [5.41, 5.74) is 5.56. The van der Waals surface area contributed by atoms with Crippen LogP contribution in [0.25, 0.3) is 33.6 Å². The van der Waals surface area contributed by atoms with E-state index in [0.29, 0.717) is 11.8 Å². The average molecular weight is 410 g/mol. The van der Waals surface area contributed by atoms with Crippen molar-refractivity contribution in [2.24, 2.45) is 7.05 Å². The van der Waals surface area contributed by atoms with Crippen molar-refractivity contribution >= 4 is 11.0 Å². The normalized spacial score (nSPS) is 11.2. The Morgan fingerprint density at radius 1 is 0.903 bits per heavy atom. The van der Waals surface area contributed by atoms with E-state index in [-0.39, 0.29) is 6.61 Å². The fourth-order valence-electron chi connectivity index (χ4n) is 3.75. The van der Waals surface area contributed by atoms with E-state index < -0.39 is 0 Å². The van der Waals surface area contributed by atoms with E-state index in [1.807, 2.05) is 75.5 Å². The van der Waals surface area contributed by atoms with Crippen LogP contribution in [0.5, 0.6) is 5.88 Å². The number of hydrogen-bond donors (Lipinski definition) is 0. The molecule has 6 nitrogen and oxygen atoms in total. The van der Waals surface area contributed by atoms with Gasteiger partial charge in [-0.3, -0.25) is 4.68 Å². The number of fused-ring (bicyclic) bond motifs is 1. The number of nitrogens with zero attached hydrogens (tertiary/aromatic N) is 4. The van der Waals surface area contributed by atoms with Crippen LogP contribution in [-0.2, 0) is 13.7 Å². The van der Waals surface area contributed by atoms with Gasteiger partial charge in [0.2, 0.25) is 11.8 Å². The lowest BCUT2D eigenvalue weighted by Gasteiger charge is -2.09. The smallest absolute Gasteiger partial charge is 0.226 e. The van der Waals surface area contributed by atoms with Crippen LogP contribution in [0.1, 0.15) is 17.1 Å². The first kappa shape index (κ1) is 19.1. The molecule has 3 aromatic heterocycles. The SMILES string of the molecule is Cc1oc(-c2ccccc2)nc1COc1cc(-c2ccccc2)c2c(C)nn(C)c2n1. The van der Waals surface area contributed by atoms with Crippen molar-refractivity contribution in [1.29, 1.82) is 0 Å². The Bertz CT molecular complexity index is 1360. The number of aromatic nitrogens is 4.